The van der Waals surface area contributed by atoms with Crippen LogP contribution in [-0.2, 0) is 11.2 Å². The van der Waals surface area contributed by atoms with E-state index in [1.54, 1.807) is 30.3 Å². The molecule has 3 N–H and O–H groups in total. The summed E-state index contributed by atoms with van der Waals surface area (Å²) in [5, 5.41) is 3.69. The molecule has 2 aromatic carbocycles. The molecule has 0 saturated heterocycles. The van der Waals surface area contributed by atoms with Gasteiger partial charge in [0.2, 0.25) is 5.91 Å². The number of carbonyl (C=O) groups is 1. The van der Waals surface area contributed by atoms with Crippen molar-refractivity contribution in [3.05, 3.63) is 45.9 Å². The summed E-state index contributed by atoms with van der Waals surface area (Å²) in [5.41, 5.74) is 7.97. The maximum Gasteiger partial charge on any atom is 0.228 e. The van der Waals surface area contributed by atoms with Crippen LogP contribution in [-0.4, -0.2) is 5.91 Å². The van der Waals surface area contributed by atoms with Gasteiger partial charge in [-0.3, -0.25) is 4.79 Å². The van der Waals surface area contributed by atoms with Crippen LogP contribution in [0.1, 0.15) is 5.56 Å². The summed E-state index contributed by atoms with van der Waals surface area (Å²) in [7, 11) is 0. The van der Waals surface area contributed by atoms with Crippen molar-refractivity contribution in [1.82, 2.24) is 0 Å². The Morgan fingerprint density at radius 1 is 1.10 bits per heavy atom. The van der Waals surface area contributed by atoms with Crippen LogP contribution in [0, 0.1) is 0 Å². The predicted octanol–water partition coefficient (Wildman–Crippen LogP) is 3.86. The van der Waals surface area contributed by atoms with Gasteiger partial charge >= 0.3 is 0 Å². The van der Waals surface area contributed by atoms with Crippen LogP contribution in [0.4, 0.5) is 11.4 Å². The van der Waals surface area contributed by atoms with Gasteiger partial charge in [0.15, 0.2) is 5.75 Å². The van der Waals surface area contributed by atoms with E-state index in [2.05, 4.69) is 5.32 Å². The molecule has 3 rings (SSSR count). The summed E-state index contributed by atoms with van der Waals surface area (Å²) in [6.07, 6.45) is 0.336. The standard InChI is InChI=1S/C14H10Cl2N2O2/c15-8-3-9(16)5-10(4-8)20-13-6-12-7(1-11(13)17)2-14(19)18-12/h1,3-6H,2,17H2,(H,18,19). The lowest BCUT2D eigenvalue weighted by atomic mass is 10.1. The van der Waals surface area contributed by atoms with Gasteiger partial charge in [-0.05, 0) is 29.8 Å². The fourth-order valence-electron chi connectivity index (χ4n) is 2.08. The lowest BCUT2D eigenvalue weighted by Crippen LogP contribution is -2.03. The zero-order valence-electron chi connectivity index (χ0n) is 10.2. The van der Waals surface area contributed by atoms with E-state index in [0.717, 1.165) is 5.56 Å². The SMILES string of the molecule is Nc1cc2c(cc1Oc1cc(Cl)cc(Cl)c1)NC(=O)C2. The van der Waals surface area contributed by atoms with Crippen molar-refractivity contribution in [1.29, 1.82) is 0 Å². The van der Waals surface area contributed by atoms with Crippen LogP contribution in [0.5, 0.6) is 11.5 Å². The van der Waals surface area contributed by atoms with Crippen LogP contribution in [0.2, 0.25) is 10.0 Å². The molecule has 0 spiro atoms. The Hall–Kier alpha value is -1.91. The summed E-state index contributed by atoms with van der Waals surface area (Å²) < 4.78 is 5.69. The molecule has 1 amide bonds. The molecule has 1 heterocycles. The van der Waals surface area contributed by atoms with E-state index < -0.39 is 0 Å². The lowest BCUT2D eigenvalue weighted by molar-refractivity contribution is -0.115. The van der Waals surface area contributed by atoms with Crippen LogP contribution in [0.15, 0.2) is 30.3 Å². The smallest absolute Gasteiger partial charge is 0.228 e. The normalized spacial score (nSPS) is 13.0. The Morgan fingerprint density at radius 2 is 1.80 bits per heavy atom. The quantitative estimate of drug-likeness (QED) is 0.828. The largest absolute Gasteiger partial charge is 0.455 e. The minimum Gasteiger partial charge on any atom is -0.455 e. The molecule has 1 aliphatic heterocycles. The first-order valence-corrected chi connectivity index (χ1v) is 6.63. The van der Waals surface area contributed by atoms with Gasteiger partial charge in [-0.25, -0.2) is 0 Å². The van der Waals surface area contributed by atoms with Crippen molar-refractivity contribution in [3.8, 4) is 11.5 Å². The number of fused-ring (bicyclic) bond motifs is 1. The molecule has 20 heavy (non-hydrogen) atoms. The molecule has 6 heteroatoms. The predicted molar refractivity (Wildman–Crippen MR) is 79.7 cm³/mol. The molecule has 4 nitrogen and oxygen atoms in total. The monoisotopic (exact) mass is 308 g/mol. The van der Waals surface area contributed by atoms with Gasteiger partial charge in [-0.15, -0.1) is 0 Å². The van der Waals surface area contributed by atoms with E-state index in [0.29, 0.717) is 39.3 Å². The number of halogens is 2. The summed E-state index contributed by atoms with van der Waals surface area (Å²) in [6, 6.07) is 8.32. The number of carbonyl (C=O) groups excluding carboxylic acids is 1. The zero-order chi connectivity index (χ0) is 14.3. The molecule has 102 valence electrons. The minimum absolute atomic E-state index is 0.0534. The van der Waals surface area contributed by atoms with Crippen LogP contribution < -0.4 is 15.8 Å². The van der Waals surface area contributed by atoms with E-state index in [-0.39, 0.29) is 5.91 Å². The van der Waals surface area contributed by atoms with Gasteiger partial charge in [0.05, 0.1) is 12.1 Å². The minimum atomic E-state index is -0.0534. The Balaban J connectivity index is 1.95. The third kappa shape index (κ3) is 2.53. The van der Waals surface area contributed by atoms with Crippen molar-refractivity contribution in [3.63, 3.8) is 0 Å². The number of rotatable bonds is 2. The van der Waals surface area contributed by atoms with Crippen LogP contribution in [0.25, 0.3) is 0 Å². The van der Waals surface area contributed by atoms with Crippen molar-refractivity contribution in [2.24, 2.45) is 0 Å². The Morgan fingerprint density at radius 3 is 2.50 bits per heavy atom. The first kappa shape index (κ1) is 13.1. The van der Waals surface area contributed by atoms with E-state index in [4.69, 9.17) is 33.7 Å². The van der Waals surface area contributed by atoms with E-state index in [1.165, 1.54) is 0 Å². The maximum absolute atomic E-state index is 11.3. The van der Waals surface area contributed by atoms with Gasteiger partial charge in [0.1, 0.15) is 5.75 Å². The van der Waals surface area contributed by atoms with Gasteiger partial charge in [-0.1, -0.05) is 23.2 Å². The Labute approximate surface area is 125 Å². The van der Waals surface area contributed by atoms with Gasteiger partial charge in [0, 0.05) is 21.8 Å². The topological polar surface area (TPSA) is 64.3 Å². The van der Waals surface area contributed by atoms with Crippen molar-refractivity contribution in [2.45, 2.75) is 6.42 Å². The average molecular weight is 309 g/mol. The van der Waals surface area contributed by atoms with Crippen LogP contribution in [0.3, 0.4) is 0 Å². The number of benzene rings is 2. The van der Waals surface area contributed by atoms with Crippen molar-refractivity contribution in [2.75, 3.05) is 11.1 Å². The molecular formula is C14H10Cl2N2O2. The number of nitrogen functional groups attached to an aromatic ring is 1. The molecule has 0 fully saturated rings. The second kappa shape index (κ2) is 4.89. The molecule has 0 bridgehead atoms. The molecule has 0 saturated carbocycles. The molecule has 0 aromatic heterocycles. The molecule has 0 unspecified atom stereocenters. The molecule has 2 aromatic rings. The first-order valence-electron chi connectivity index (χ1n) is 5.87. The summed E-state index contributed by atoms with van der Waals surface area (Å²) in [6.45, 7) is 0. The molecule has 0 aliphatic carbocycles. The highest BCUT2D eigenvalue weighted by molar-refractivity contribution is 6.34. The number of ether oxygens (including phenoxy) is 1. The van der Waals surface area contributed by atoms with E-state index in [9.17, 15) is 4.79 Å². The molecular weight excluding hydrogens is 299 g/mol. The first-order chi connectivity index (χ1) is 9.51. The van der Waals surface area contributed by atoms with E-state index in [1.807, 2.05) is 0 Å². The third-order valence-electron chi connectivity index (χ3n) is 2.92. The van der Waals surface area contributed by atoms with Gasteiger partial charge < -0.3 is 15.8 Å². The number of amides is 1. The highest BCUT2D eigenvalue weighted by Gasteiger charge is 2.20. The molecule has 0 radical (unpaired) electrons. The van der Waals surface area contributed by atoms with Crippen molar-refractivity contribution < 1.29 is 9.53 Å². The number of hydrogen-bond acceptors (Lipinski definition) is 3. The molecule has 1 aliphatic rings. The number of nitrogens with two attached hydrogens (primary N) is 1. The third-order valence-corrected chi connectivity index (χ3v) is 3.36. The second-order valence-electron chi connectivity index (χ2n) is 4.48. The summed E-state index contributed by atoms with van der Waals surface area (Å²) in [5.74, 6) is 0.880. The fraction of sp³-hybridized carbons (Fsp3) is 0.0714. The maximum atomic E-state index is 11.3. The lowest BCUT2D eigenvalue weighted by Gasteiger charge is -2.11. The van der Waals surface area contributed by atoms with Gasteiger partial charge in [-0.2, -0.15) is 0 Å². The highest BCUT2D eigenvalue weighted by Crippen LogP contribution is 2.36. The van der Waals surface area contributed by atoms with Gasteiger partial charge in [0.25, 0.3) is 0 Å². The second-order valence-corrected chi connectivity index (χ2v) is 5.35. The highest BCUT2D eigenvalue weighted by atomic mass is 35.5. The average Bonchev–Trinajstić information content (AvgIpc) is 2.67. The number of anilines is 2. The summed E-state index contributed by atoms with van der Waals surface area (Å²) in [4.78, 5) is 11.3. The fourth-order valence-corrected chi connectivity index (χ4v) is 2.58. The molecule has 0 atom stereocenters. The van der Waals surface area contributed by atoms with Crippen LogP contribution >= 0.6 is 23.2 Å². The zero-order valence-corrected chi connectivity index (χ0v) is 11.8. The van der Waals surface area contributed by atoms with Crippen molar-refractivity contribution >= 4 is 40.5 Å². The summed E-state index contributed by atoms with van der Waals surface area (Å²) >= 11 is 11.8. The number of hydrogen-bond donors (Lipinski definition) is 2. The Kier molecular flexibility index (Phi) is 3.20. The van der Waals surface area contributed by atoms with E-state index >= 15 is 0 Å². The Bertz CT molecular complexity index is 696. The number of nitrogens with one attached hydrogen (secondary N) is 1.